The molecule has 0 aromatic heterocycles. The lowest BCUT2D eigenvalue weighted by Crippen LogP contribution is -2.20. The number of hydrogen-bond donors (Lipinski definition) is 1. The van der Waals surface area contributed by atoms with Crippen LogP contribution in [0.3, 0.4) is 0 Å². The molecular formula is C15H11NO2. The summed E-state index contributed by atoms with van der Waals surface area (Å²) in [6.07, 6.45) is 0. The maximum atomic E-state index is 12.3. The first-order chi connectivity index (χ1) is 8.72. The Balaban J connectivity index is 2.27. The van der Waals surface area contributed by atoms with E-state index in [2.05, 4.69) is 5.32 Å². The Morgan fingerprint density at radius 1 is 0.778 bits per heavy atom. The van der Waals surface area contributed by atoms with E-state index >= 15 is 0 Å². The Labute approximate surface area is 104 Å². The summed E-state index contributed by atoms with van der Waals surface area (Å²) in [4.78, 5) is 24.6. The molecule has 3 rings (SSSR count). The minimum absolute atomic E-state index is 0.0807. The van der Waals surface area contributed by atoms with Crippen molar-refractivity contribution in [2.45, 2.75) is 0 Å². The number of carbonyl (C=O) groups excluding carboxylic acids is 2. The number of carbonyl (C=O) groups is 2. The summed E-state index contributed by atoms with van der Waals surface area (Å²) < 4.78 is 0. The number of rotatable bonds is 1. The van der Waals surface area contributed by atoms with E-state index in [0.29, 0.717) is 22.3 Å². The van der Waals surface area contributed by atoms with Gasteiger partial charge in [-0.05, 0) is 18.2 Å². The first kappa shape index (κ1) is 10.7. The molecule has 3 nitrogen and oxygen atoms in total. The van der Waals surface area contributed by atoms with Gasteiger partial charge in [0.1, 0.15) is 0 Å². The molecule has 0 spiro atoms. The normalized spacial score (nSPS) is 12.9. The van der Waals surface area contributed by atoms with Gasteiger partial charge in [-0.2, -0.15) is 0 Å². The molecule has 0 unspecified atom stereocenters. The van der Waals surface area contributed by atoms with Gasteiger partial charge >= 0.3 is 0 Å². The van der Waals surface area contributed by atoms with Crippen molar-refractivity contribution in [2.24, 2.45) is 0 Å². The fraction of sp³-hybridized carbons (Fsp3) is 0.0667. The van der Waals surface area contributed by atoms with Gasteiger partial charge < -0.3 is 5.32 Å². The van der Waals surface area contributed by atoms with Gasteiger partial charge in [-0.1, -0.05) is 24.3 Å². The van der Waals surface area contributed by atoms with E-state index < -0.39 is 0 Å². The summed E-state index contributed by atoms with van der Waals surface area (Å²) in [7, 11) is 1.78. The second-order valence-corrected chi connectivity index (χ2v) is 4.21. The topological polar surface area (TPSA) is 46.2 Å². The van der Waals surface area contributed by atoms with E-state index in [9.17, 15) is 9.59 Å². The van der Waals surface area contributed by atoms with Gasteiger partial charge in [0.05, 0.1) is 0 Å². The summed E-state index contributed by atoms with van der Waals surface area (Å²) in [5.41, 5.74) is 2.77. The van der Waals surface area contributed by atoms with Crippen molar-refractivity contribution >= 4 is 17.3 Å². The summed E-state index contributed by atoms with van der Waals surface area (Å²) in [6.45, 7) is 0. The molecule has 2 aromatic carbocycles. The maximum absolute atomic E-state index is 12.3. The molecule has 3 heteroatoms. The first-order valence-corrected chi connectivity index (χ1v) is 5.72. The van der Waals surface area contributed by atoms with Crippen molar-refractivity contribution in [1.29, 1.82) is 0 Å². The zero-order chi connectivity index (χ0) is 12.7. The predicted octanol–water partition coefficient (Wildman–Crippen LogP) is 2.50. The van der Waals surface area contributed by atoms with Crippen molar-refractivity contribution in [2.75, 3.05) is 12.4 Å². The molecule has 0 bridgehead atoms. The quantitative estimate of drug-likeness (QED) is 0.707. The van der Waals surface area contributed by atoms with Crippen LogP contribution in [0.25, 0.3) is 0 Å². The lowest BCUT2D eigenvalue weighted by Gasteiger charge is -2.17. The van der Waals surface area contributed by atoms with Crippen molar-refractivity contribution in [3.8, 4) is 0 Å². The highest BCUT2D eigenvalue weighted by atomic mass is 16.1. The fourth-order valence-electron chi connectivity index (χ4n) is 2.25. The van der Waals surface area contributed by atoms with E-state index in [4.69, 9.17) is 0 Å². The van der Waals surface area contributed by atoms with Crippen LogP contribution in [0.15, 0.2) is 42.5 Å². The lowest BCUT2D eigenvalue weighted by atomic mass is 9.84. The highest BCUT2D eigenvalue weighted by Crippen LogP contribution is 2.28. The van der Waals surface area contributed by atoms with Crippen LogP contribution in [0.1, 0.15) is 31.8 Å². The largest absolute Gasteiger partial charge is 0.388 e. The van der Waals surface area contributed by atoms with Crippen molar-refractivity contribution in [3.63, 3.8) is 0 Å². The van der Waals surface area contributed by atoms with Crippen LogP contribution in [-0.4, -0.2) is 18.6 Å². The SMILES string of the molecule is CNc1ccc2c(c1)C(=O)c1ccccc1C2=O. The van der Waals surface area contributed by atoms with E-state index in [1.807, 2.05) is 0 Å². The molecule has 0 heterocycles. The monoisotopic (exact) mass is 237 g/mol. The van der Waals surface area contributed by atoms with E-state index in [0.717, 1.165) is 5.69 Å². The maximum Gasteiger partial charge on any atom is 0.194 e. The van der Waals surface area contributed by atoms with Gasteiger partial charge in [0.25, 0.3) is 0 Å². The number of benzene rings is 2. The van der Waals surface area contributed by atoms with Crippen LogP contribution in [0.2, 0.25) is 0 Å². The average Bonchev–Trinajstić information content (AvgIpc) is 2.44. The van der Waals surface area contributed by atoms with Crippen molar-refractivity contribution < 1.29 is 9.59 Å². The Bertz CT molecular complexity index is 674. The molecule has 18 heavy (non-hydrogen) atoms. The van der Waals surface area contributed by atoms with E-state index in [1.165, 1.54) is 0 Å². The Kier molecular flexibility index (Phi) is 2.27. The number of anilines is 1. The Hall–Kier alpha value is -2.42. The van der Waals surface area contributed by atoms with Crippen LogP contribution in [-0.2, 0) is 0 Å². The molecule has 2 aromatic rings. The molecule has 88 valence electrons. The minimum atomic E-state index is -0.0858. The van der Waals surface area contributed by atoms with Gasteiger partial charge in [0.15, 0.2) is 11.6 Å². The summed E-state index contributed by atoms with van der Waals surface area (Å²) in [5.74, 6) is -0.167. The second-order valence-electron chi connectivity index (χ2n) is 4.21. The van der Waals surface area contributed by atoms with E-state index in [1.54, 1.807) is 49.5 Å². The number of nitrogens with one attached hydrogen (secondary N) is 1. The van der Waals surface area contributed by atoms with Crippen molar-refractivity contribution in [1.82, 2.24) is 0 Å². The molecule has 1 aliphatic rings. The van der Waals surface area contributed by atoms with Crippen LogP contribution in [0.4, 0.5) is 5.69 Å². The van der Waals surface area contributed by atoms with Crippen LogP contribution < -0.4 is 5.32 Å². The van der Waals surface area contributed by atoms with Gasteiger partial charge in [0.2, 0.25) is 0 Å². The number of hydrogen-bond acceptors (Lipinski definition) is 3. The molecule has 0 atom stereocenters. The lowest BCUT2D eigenvalue weighted by molar-refractivity contribution is 0.0979. The Morgan fingerprint density at radius 2 is 1.33 bits per heavy atom. The summed E-state index contributed by atoms with van der Waals surface area (Å²) >= 11 is 0. The van der Waals surface area contributed by atoms with Crippen LogP contribution in [0.5, 0.6) is 0 Å². The van der Waals surface area contributed by atoms with Crippen molar-refractivity contribution in [3.05, 3.63) is 64.7 Å². The number of fused-ring (bicyclic) bond motifs is 2. The molecule has 0 saturated heterocycles. The Morgan fingerprint density at radius 3 is 1.94 bits per heavy atom. The molecule has 1 N–H and O–H groups in total. The molecule has 0 fully saturated rings. The molecule has 1 aliphatic carbocycles. The minimum Gasteiger partial charge on any atom is -0.388 e. The number of ketones is 2. The molecule has 0 aliphatic heterocycles. The van der Waals surface area contributed by atoms with Gasteiger partial charge in [-0.25, -0.2) is 0 Å². The highest BCUT2D eigenvalue weighted by Gasteiger charge is 2.29. The molecule has 0 amide bonds. The highest BCUT2D eigenvalue weighted by molar-refractivity contribution is 6.28. The average molecular weight is 237 g/mol. The molecular weight excluding hydrogens is 226 g/mol. The van der Waals surface area contributed by atoms with Crippen LogP contribution >= 0.6 is 0 Å². The van der Waals surface area contributed by atoms with Crippen LogP contribution in [0, 0.1) is 0 Å². The van der Waals surface area contributed by atoms with Gasteiger partial charge in [0, 0.05) is 35.0 Å². The molecule has 0 saturated carbocycles. The third kappa shape index (κ3) is 1.37. The zero-order valence-corrected chi connectivity index (χ0v) is 9.86. The van der Waals surface area contributed by atoms with Gasteiger partial charge in [-0.3, -0.25) is 9.59 Å². The summed E-state index contributed by atoms with van der Waals surface area (Å²) in [5, 5.41) is 2.97. The predicted molar refractivity (Wildman–Crippen MR) is 69.3 cm³/mol. The van der Waals surface area contributed by atoms with E-state index in [-0.39, 0.29) is 11.6 Å². The smallest absolute Gasteiger partial charge is 0.194 e. The molecule has 0 radical (unpaired) electrons. The third-order valence-electron chi connectivity index (χ3n) is 3.21. The zero-order valence-electron chi connectivity index (χ0n) is 9.86. The second kappa shape index (κ2) is 3.81. The first-order valence-electron chi connectivity index (χ1n) is 5.72. The third-order valence-corrected chi connectivity index (χ3v) is 3.21. The fourth-order valence-corrected chi connectivity index (χ4v) is 2.25. The standard InChI is InChI=1S/C15H11NO2/c1-16-9-6-7-12-13(8-9)15(18)11-5-3-2-4-10(11)14(12)17/h2-8,16H,1H3. The summed E-state index contributed by atoms with van der Waals surface area (Å²) in [6, 6.07) is 12.2. The van der Waals surface area contributed by atoms with Gasteiger partial charge in [-0.15, -0.1) is 0 Å².